The Labute approximate surface area is 173 Å². The number of para-hydroxylation sites is 2. The second-order valence-corrected chi connectivity index (χ2v) is 6.82. The zero-order chi connectivity index (χ0) is 21.1. The second kappa shape index (κ2) is 8.53. The number of nitrogens with one attached hydrogen (secondary N) is 2. The van der Waals surface area contributed by atoms with Crippen LogP contribution in [0.25, 0.3) is 0 Å². The number of hydrogen-bond donors (Lipinski definition) is 2. The Kier molecular flexibility index (Phi) is 6.08. The molecule has 0 radical (unpaired) electrons. The van der Waals surface area contributed by atoms with Crippen molar-refractivity contribution in [2.24, 2.45) is 0 Å². The van der Waals surface area contributed by atoms with E-state index >= 15 is 0 Å². The third-order valence-electron chi connectivity index (χ3n) is 4.80. The molecule has 29 heavy (non-hydrogen) atoms. The van der Waals surface area contributed by atoms with Gasteiger partial charge in [-0.2, -0.15) is 0 Å². The number of hydrogen-bond acceptors (Lipinski definition) is 3. The first kappa shape index (κ1) is 20.7. The average Bonchev–Trinajstić information content (AvgIpc) is 2.68. The summed E-state index contributed by atoms with van der Waals surface area (Å²) >= 11 is 6.23. The molecule has 2 N–H and O–H groups in total. The Morgan fingerprint density at radius 3 is 2.66 bits per heavy atom. The maximum Gasteiger partial charge on any atom is 0.322 e. The fraction of sp³-hybridized carbons (Fsp3) is 0.238. The van der Waals surface area contributed by atoms with Crippen LogP contribution in [0, 0.1) is 5.82 Å². The number of urea groups is 1. The number of carbonyl (C=O) groups is 2. The van der Waals surface area contributed by atoms with Gasteiger partial charge in [-0.25, -0.2) is 9.18 Å². The van der Waals surface area contributed by atoms with Crippen molar-refractivity contribution in [3.8, 4) is 5.75 Å². The number of halogens is 2. The first-order chi connectivity index (χ1) is 13.9. The lowest BCUT2D eigenvalue weighted by atomic mass is 9.93. The zero-order valence-corrected chi connectivity index (χ0v) is 17.0. The quantitative estimate of drug-likeness (QED) is 0.753. The zero-order valence-electron chi connectivity index (χ0n) is 16.3. The fourth-order valence-electron chi connectivity index (χ4n) is 3.40. The van der Waals surface area contributed by atoms with E-state index in [1.807, 2.05) is 0 Å². The number of benzene rings is 2. The smallest absolute Gasteiger partial charge is 0.322 e. The van der Waals surface area contributed by atoms with Crippen LogP contribution < -0.4 is 15.4 Å². The van der Waals surface area contributed by atoms with Crippen LogP contribution in [0.15, 0.2) is 53.7 Å². The van der Waals surface area contributed by atoms with Gasteiger partial charge in [0, 0.05) is 22.8 Å². The maximum atomic E-state index is 14.6. The molecular weight excluding hydrogens is 397 g/mol. The lowest BCUT2D eigenvalue weighted by Gasteiger charge is -2.35. The average molecular weight is 418 g/mol. The van der Waals surface area contributed by atoms with E-state index in [9.17, 15) is 14.0 Å². The molecule has 0 aliphatic carbocycles. The molecule has 2 aromatic carbocycles. The predicted octanol–water partition coefficient (Wildman–Crippen LogP) is 4.49. The highest BCUT2D eigenvalue weighted by atomic mass is 35.5. The first-order valence-electron chi connectivity index (χ1n) is 9.06. The molecule has 152 valence electrons. The van der Waals surface area contributed by atoms with Gasteiger partial charge in [-0.1, -0.05) is 29.8 Å². The predicted molar refractivity (Wildman–Crippen MR) is 109 cm³/mol. The van der Waals surface area contributed by atoms with Gasteiger partial charge in [0.2, 0.25) is 0 Å². The van der Waals surface area contributed by atoms with E-state index in [4.69, 9.17) is 16.3 Å². The largest absolute Gasteiger partial charge is 0.495 e. The highest BCUT2D eigenvalue weighted by Gasteiger charge is 2.37. The fourth-order valence-corrected chi connectivity index (χ4v) is 3.67. The van der Waals surface area contributed by atoms with Gasteiger partial charge in [0.1, 0.15) is 11.6 Å². The second-order valence-electron chi connectivity index (χ2n) is 6.42. The Balaban J connectivity index is 2.10. The van der Waals surface area contributed by atoms with Gasteiger partial charge in [0.15, 0.2) is 0 Å². The summed E-state index contributed by atoms with van der Waals surface area (Å²) in [7, 11) is 1.50. The van der Waals surface area contributed by atoms with Gasteiger partial charge in [0.05, 0.1) is 24.4 Å². The minimum absolute atomic E-state index is 0.0443. The Morgan fingerprint density at radius 2 is 2.00 bits per heavy atom. The molecule has 0 spiro atoms. The molecule has 3 rings (SSSR count). The van der Waals surface area contributed by atoms with Crippen LogP contribution in [0.2, 0.25) is 5.02 Å². The molecule has 0 saturated heterocycles. The standard InChI is InChI=1S/C21H21ClFN3O3/c1-4-26-12(2)17(20(27)24-15-10-5-6-11-16(15)29-3)19(25-21(26)28)18-13(22)8-7-9-14(18)23/h5-11,19H,4H2,1-3H3,(H,24,27)(H,25,28)/t19-/m0/s1. The SMILES string of the molecule is CCN1C(=O)N[C@H](c2c(F)cccc2Cl)C(C(=O)Nc2ccccc2OC)=C1C. The summed E-state index contributed by atoms with van der Waals surface area (Å²) in [4.78, 5) is 27.2. The maximum absolute atomic E-state index is 14.6. The van der Waals surface area contributed by atoms with Crippen LogP contribution in [0.4, 0.5) is 14.9 Å². The molecular formula is C21H21ClFN3O3. The lowest BCUT2D eigenvalue weighted by Crippen LogP contribution is -2.48. The van der Waals surface area contributed by atoms with Crippen LogP contribution in [0.3, 0.4) is 0 Å². The summed E-state index contributed by atoms with van der Waals surface area (Å²) < 4.78 is 19.9. The van der Waals surface area contributed by atoms with Crippen LogP contribution in [0.5, 0.6) is 5.75 Å². The molecule has 1 aliphatic rings. The summed E-state index contributed by atoms with van der Waals surface area (Å²) in [5.41, 5.74) is 1.12. The van der Waals surface area contributed by atoms with Crippen molar-refractivity contribution >= 4 is 29.2 Å². The van der Waals surface area contributed by atoms with Gasteiger partial charge < -0.3 is 15.4 Å². The number of allylic oxidation sites excluding steroid dienone is 1. The minimum Gasteiger partial charge on any atom is -0.495 e. The summed E-state index contributed by atoms with van der Waals surface area (Å²) in [5.74, 6) is -0.621. The lowest BCUT2D eigenvalue weighted by molar-refractivity contribution is -0.113. The molecule has 2 aromatic rings. The minimum atomic E-state index is -1.03. The van der Waals surface area contributed by atoms with E-state index in [2.05, 4.69) is 10.6 Å². The number of carbonyl (C=O) groups excluding carboxylic acids is 2. The van der Waals surface area contributed by atoms with Crippen molar-refractivity contribution in [3.05, 3.63) is 70.1 Å². The van der Waals surface area contributed by atoms with E-state index in [1.54, 1.807) is 38.1 Å². The summed E-state index contributed by atoms with van der Waals surface area (Å²) in [5, 5.41) is 5.62. The Bertz CT molecular complexity index is 973. The van der Waals surface area contributed by atoms with Crippen molar-refractivity contribution in [2.75, 3.05) is 19.0 Å². The van der Waals surface area contributed by atoms with Gasteiger partial charge >= 0.3 is 6.03 Å². The highest BCUT2D eigenvalue weighted by Crippen LogP contribution is 2.36. The molecule has 1 heterocycles. The summed E-state index contributed by atoms with van der Waals surface area (Å²) in [6.45, 7) is 3.79. The van der Waals surface area contributed by atoms with Crippen molar-refractivity contribution in [1.29, 1.82) is 0 Å². The molecule has 0 unspecified atom stereocenters. The summed E-state index contributed by atoms with van der Waals surface area (Å²) in [6, 6.07) is 9.70. The number of ether oxygens (including phenoxy) is 1. The number of methoxy groups -OCH3 is 1. The number of nitrogens with zero attached hydrogens (tertiary/aromatic N) is 1. The van der Waals surface area contributed by atoms with Crippen molar-refractivity contribution in [2.45, 2.75) is 19.9 Å². The topological polar surface area (TPSA) is 70.7 Å². The molecule has 0 fully saturated rings. The van der Waals surface area contributed by atoms with Crippen molar-refractivity contribution in [3.63, 3.8) is 0 Å². The number of amides is 3. The third-order valence-corrected chi connectivity index (χ3v) is 5.13. The van der Waals surface area contributed by atoms with Crippen molar-refractivity contribution < 1.29 is 18.7 Å². The van der Waals surface area contributed by atoms with Crippen LogP contribution >= 0.6 is 11.6 Å². The monoisotopic (exact) mass is 417 g/mol. The van der Waals surface area contributed by atoms with E-state index in [-0.39, 0.29) is 16.2 Å². The number of anilines is 1. The molecule has 6 nitrogen and oxygen atoms in total. The van der Waals surface area contributed by atoms with Crippen LogP contribution in [-0.4, -0.2) is 30.5 Å². The van der Waals surface area contributed by atoms with Gasteiger partial charge in [0.25, 0.3) is 5.91 Å². The molecule has 0 bridgehead atoms. The molecule has 3 amide bonds. The van der Waals surface area contributed by atoms with E-state index in [0.29, 0.717) is 23.7 Å². The molecule has 0 saturated carbocycles. The van der Waals surface area contributed by atoms with Crippen LogP contribution in [0.1, 0.15) is 25.5 Å². The van der Waals surface area contributed by atoms with Gasteiger partial charge in [-0.15, -0.1) is 0 Å². The van der Waals surface area contributed by atoms with E-state index in [0.717, 1.165) is 0 Å². The Morgan fingerprint density at radius 1 is 1.28 bits per heavy atom. The van der Waals surface area contributed by atoms with E-state index in [1.165, 1.54) is 30.2 Å². The normalized spacial score (nSPS) is 16.5. The first-order valence-corrected chi connectivity index (χ1v) is 9.43. The highest BCUT2D eigenvalue weighted by molar-refractivity contribution is 6.31. The number of rotatable bonds is 5. The summed E-state index contributed by atoms with van der Waals surface area (Å²) in [6.07, 6.45) is 0. The molecule has 0 aromatic heterocycles. The molecule has 1 aliphatic heterocycles. The van der Waals surface area contributed by atoms with Crippen molar-refractivity contribution in [1.82, 2.24) is 10.2 Å². The molecule has 1 atom stereocenters. The Hall–Kier alpha value is -3.06. The van der Waals surface area contributed by atoms with E-state index < -0.39 is 23.8 Å². The molecule has 8 heteroatoms. The van der Waals surface area contributed by atoms with Gasteiger partial charge in [-0.3, -0.25) is 9.69 Å². The van der Waals surface area contributed by atoms with Crippen LogP contribution in [-0.2, 0) is 4.79 Å². The van der Waals surface area contributed by atoms with Gasteiger partial charge in [-0.05, 0) is 38.1 Å². The third kappa shape index (κ3) is 3.91.